The van der Waals surface area contributed by atoms with Crippen LogP contribution in [-0.2, 0) is 11.2 Å². The van der Waals surface area contributed by atoms with Crippen molar-refractivity contribution in [3.8, 4) is 0 Å². The number of nitrogens with one attached hydrogen (secondary N) is 2. The molecule has 0 unspecified atom stereocenters. The molecule has 1 amide bonds. The number of hydrogen-bond donors (Lipinski definition) is 2. The van der Waals surface area contributed by atoms with Crippen molar-refractivity contribution in [3.05, 3.63) is 59.7 Å². The van der Waals surface area contributed by atoms with Crippen molar-refractivity contribution in [1.82, 2.24) is 4.98 Å². The molecule has 114 valence electrons. The van der Waals surface area contributed by atoms with E-state index in [1.54, 1.807) is 0 Å². The third kappa shape index (κ3) is 2.75. The predicted molar refractivity (Wildman–Crippen MR) is 93.2 cm³/mol. The van der Waals surface area contributed by atoms with Crippen LogP contribution >= 0.6 is 0 Å². The van der Waals surface area contributed by atoms with Gasteiger partial charge in [-0.3, -0.25) is 4.79 Å². The van der Waals surface area contributed by atoms with Crippen LogP contribution in [0.4, 0.5) is 17.2 Å². The van der Waals surface area contributed by atoms with Crippen molar-refractivity contribution in [1.29, 1.82) is 0 Å². The van der Waals surface area contributed by atoms with E-state index in [1.807, 2.05) is 18.2 Å². The summed E-state index contributed by atoms with van der Waals surface area (Å²) in [6, 6.07) is 16.3. The predicted octanol–water partition coefficient (Wildman–Crippen LogP) is 4.17. The summed E-state index contributed by atoms with van der Waals surface area (Å²) in [5.74, 6) is 0.910. The highest BCUT2D eigenvalue weighted by molar-refractivity contribution is 5.94. The molecular weight excluding hydrogens is 286 g/mol. The second-order valence-electron chi connectivity index (χ2n) is 5.94. The Kier molecular flexibility index (Phi) is 3.23. The maximum Gasteiger partial charge on any atom is 0.224 e. The second-order valence-corrected chi connectivity index (χ2v) is 5.94. The van der Waals surface area contributed by atoms with Crippen molar-refractivity contribution in [3.63, 3.8) is 0 Å². The van der Waals surface area contributed by atoms with Gasteiger partial charge in [-0.2, -0.15) is 0 Å². The lowest BCUT2D eigenvalue weighted by Crippen LogP contribution is -2.18. The molecule has 0 atom stereocenters. The van der Waals surface area contributed by atoms with Crippen molar-refractivity contribution in [2.75, 3.05) is 10.6 Å². The number of carbonyl (C=O) groups is 1. The average Bonchev–Trinajstić information content (AvgIpc) is 2.54. The minimum absolute atomic E-state index is 0.0878. The molecule has 0 spiro atoms. The molecule has 0 saturated heterocycles. The fraction of sp³-hybridized carbons (Fsp3) is 0.158. The quantitative estimate of drug-likeness (QED) is 0.747. The van der Waals surface area contributed by atoms with Gasteiger partial charge in [0.25, 0.3) is 0 Å². The number of aryl methyl sites for hydroxylation is 2. The first-order valence-electron chi connectivity index (χ1n) is 7.75. The van der Waals surface area contributed by atoms with E-state index < -0.39 is 0 Å². The van der Waals surface area contributed by atoms with Gasteiger partial charge in [0, 0.05) is 23.2 Å². The van der Waals surface area contributed by atoms with E-state index in [4.69, 9.17) is 0 Å². The van der Waals surface area contributed by atoms with Gasteiger partial charge in [-0.05, 0) is 60.9 Å². The lowest BCUT2D eigenvalue weighted by molar-refractivity contribution is -0.116. The molecule has 1 aromatic heterocycles. The van der Waals surface area contributed by atoms with Crippen LogP contribution in [0.5, 0.6) is 0 Å². The molecule has 3 aromatic rings. The minimum atomic E-state index is 0.0878. The van der Waals surface area contributed by atoms with Gasteiger partial charge in [-0.15, -0.1) is 0 Å². The van der Waals surface area contributed by atoms with E-state index in [0.29, 0.717) is 6.42 Å². The second kappa shape index (κ2) is 5.39. The van der Waals surface area contributed by atoms with Crippen LogP contribution in [-0.4, -0.2) is 10.9 Å². The van der Waals surface area contributed by atoms with E-state index in [2.05, 4.69) is 52.9 Å². The van der Waals surface area contributed by atoms with E-state index in [-0.39, 0.29) is 5.91 Å². The molecule has 0 bridgehead atoms. The molecule has 2 N–H and O–H groups in total. The number of rotatable bonds is 2. The van der Waals surface area contributed by atoms with Gasteiger partial charge in [-0.1, -0.05) is 12.1 Å². The van der Waals surface area contributed by atoms with Gasteiger partial charge in [0.1, 0.15) is 5.82 Å². The zero-order chi connectivity index (χ0) is 15.8. The Labute approximate surface area is 134 Å². The standard InChI is InChI=1S/C19H17N3O/c1-12-2-3-13-4-8-18(21-17(13)10-12)20-15-6-7-16-14(11-15)5-9-19(23)22-16/h2-4,6-8,10-11H,5,9H2,1H3,(H,20,21)(H,22,23). The molecule has 2 heterocycles. The lowest BCUT2D eigenvalue weighted by atomic mass is 10.0. The molecule has 4 heteroatoms. The molecule has 4 nitrogen and oxygen atoms in total. The number of pyridine rings is 1. The Balaban J connectivity index is 1.64. The van der Waals surface area contributed by atoms with Crippen LogP contribution in [0.15, 0.2) is 48.5 Å². The zero-order valence-electron chi connectivity index (χ0n) is 12.9. The monoisotopic (exact) mass is 303 g/mol. The fourth-order valence-electron chi connectivity index (χ4n) is 2.91. The molecule has 0 aliphatic carbocycles. The first-order valence-corrected chi connectivity index (χ1v) is 7.75. The SMILES string of the molecule is Cc1ccc2ccc(Nc3ccc4c(c3)CCC(=O)N4)nc2c1. The molecule has 2 aromatic carbocycles. The van der Waals surface area contributed by atoms with Crippen molar-refractivity contribution >= 4 is 34.0 Å². The van der Waals surface area contributed by atoms with Crippen molar-refractivity contribution < 1.29 is 4.79 Å². The van der Waals surface area contributed by atoms with Gasteiger partial charge in [0.05, 0.1) is 5.52 Å². The van der Waals surface area contributed by atoms with Crippen LogP contribution in [0, 0.1) is 6.92 Å². The molecular formula is C19H17N3O. The number of anilines is 3. The number of amides is 1. The largest absolute Gasteiger partial charge is 0.340 e. The van der Waals surface area contributed by atoms with Gasteiger partial charge in [0.2, 0.25) is 5.91 Å². The Morgan fingerprint density at radius 3 is 2.83 bits per heavy atom. The van der Waals surface area contributed by atoms with Gasteiger partial charge in [0.15, 0.2) is 0 Å². The van der Waals surface area contributed by atoms with E-state index in [1.165, 1.54) is 5.56 Å². The van der Waals surface area contributed by atoms with Crippen molar-refractivity contribution in [2.45, 2.75) is 19.8 Å². The number of aromatic nitrogens is 1. The van der Waals surface area contributed by atoms with E-state index in [9.17, 15) is 4.79 Å². The van der Waals surface area contributed by atoms with Gasteiger partial charge < -0.3 is 10.6 Å². The summed E-state index contributed by atoms with van der Waals surface area (Å²) in [5, 5.41) is 7.39. The van der Waals surface area contributed by atoms with E-state index in [0.717, 1.165) is 40.1 Å². The Morgan fingerprint density at radius 2 is 1.91 bits per heavy atom. The highest BCUT2D eigenvalue weighted by Gasteiger charge is 2.14. The van der Waals surface area contributed by atoms with Crippen LogP contribution in [0.3, 0.4) is 0 Å². The Bertz CT molecular complexity index is 918. The maximum atomic E-state index is 11.4. The summed E-state index contributed by atoms with van der Waals surface area (Å²) in [6.45, 7) is 2.07. The number of nitrogens with zero attached hydrogens (tertiary/aromatic N) is 1. The molecule has 0 radical (unpaired) electrons. The maximum absolute atomic E-state index is 11.4. The summed E-state index contributed by atoms with van der Waals surface area (Å²) >= 11 is 0. The molecule has 23 heavy (non-hydrogen) atoms. The third-order valence-electron chi connectivity index (χ3n) is 4.12. The van der Waals surface area contributed by atoms with Crippen LogP contribution in [0.1, 0.15) is 17.5 Å². The number of benzene rings is 2. The van der Waals surface area contributed by atoms with Gasteiger partial charge in [-0.25, -0.2) is 4.98 Å². The minimum Gasteiger partial charge on any atom is -0.340 e. The smallest absolute Gasteiger partial charge is 0.224 e. The van der Waals surface area contributed by atoms with Crippen LogP contribution in [0.25, 0.3) is 10.9 Å². The van der Waals surface area contributed by atoms with Crippen LogP contribution in [0.2, 0.25) is 0 Å². The molecule has 0 fully saturated rings. The number of carbonyl (C=O) groups excluding carboxylic acids is 1. The Morgan fingerprint density at radius 1 is 1.04 bits per heavy atom. The van der Waals surface area contributed by atoms with E-state index >= 15 is 0 Å². The number of hydrogen-bond acceptors (Lipinski definition) is 3. The average molecular weight is 303 g/mol. The first-order chi connectivity index (χ1) is 11.2. The molecule has 1 aliphatic heterocycles. The highest BCUT2D eigenvalue weighted by atomic mass is 16.1. The summed E-state index contributed by atoms with van der Waals surface area (Å²) in [6.07, 6.45) is 1.32. The summed E-state index contributed by atoms with van der Waals surface area (Å²) < 4.78 is 0. The summed E-state index contributed by atoms with van der Waals surface area (Å²) in [5.41, 5.74) is 5.24. The zero-order valence-corrected chi connectivity index (χ0v) is 12.9. The van der Waals surface area contributed by atoms with Gasteiger partial charge >= 0.3 is 0 Å². The van der Waals surface area contributed by atoms with Crippen molar-refractivity contribution in [2.24, 2.45) is 0 Å². The first kappa shape index (κ1) is 13.8. The highest BCUT2D eigenvalue weighted by Crippen LogP contribution is 2.27. The third-order valence-corrected chi connectivity index (χ3v) is 4.12. The fourth-order valence-corrected chi connectivity index (χ4v) is 2.91. The number of fused-ring (bicyclic) bond motifs is 2. The topological polar surface area (TPSA) is 54.0 Å². The summed E-state index contributed by atoms with van der Waals surface area (Å²) in [7, 11) is 0. The molecule has 1 aliphatic rings. The van der Waals surface area contributed by atoms with Crippen LogP contribution < -0.4 is 10.6 Å². The Hall–Kier alpha value is -2.88. The molecule has 4 rings (SSSR count). The summed E-state index contributed by atoms with van der Waals surface area (Å²) in [4.78, 5) is 16.1. The normalized spacial score (nSPS) is 13.5. The lowest BCUT2D eigenvalue weighted by Gasteiger charge is -2.18. The molecule has 0 saturated carbocycles.